The smallest absolute Gasteiger partial charge is 0 e. The van der Waals surface area contributed by atoms with Gasteiger partial charge in [0.25, 0.3) is 0 Å². The number of benzene rings is 1. The first-order chi connectivity index (χ1) is 12.3. The first-order valence-corrected chi connectivity index (χ1v) is 16.4. The molecule has 0 aromatic heterocycles. The summed E-state index contributed by atoms with van der Waals surface area (Å²) in [4.78, 5) is 0. The second kappa shape index (κ2) is 27.0. The van der Waals surface area contributed by atoms with Gasteiger partial charge in [-0.05, 0) is 0 Å². The van der Waals surface area contributed by atoms with Crippen LogP contribution in [0.25, 0.3) is 0 Å². The summed E-state index contributed by atoms with van der Waals surface area (Å²) in [7, 11) is 0. The topological polar surface area (TPSA) is 59.7 Å². The van der Waals surface area contributed by atoms with Gasteiger partial charge in [0, 0.05) is 17.4 Å². The summed E-state index contributed by atoms with van der Waals surface area (Å²) in [5.41, 5.74) is 0. The molecule has 0 aliphatic rings. The molecule has 3 nitrogen and oxygen atoms in total. The Balaban J connectivity index is -0.000000312. The Morgan fingerprint density at radius 2 is 0.962 bits per heavy atom. The molecule has 0 bridgehead atoms. The van der Waals surface area contributed by atoms with E-state index in [-0.39, 0.29) is 17.4 Å². The molecule has 0 spiro atoms. The van der Waals surface area contributed by atoms with Gasteiger partial charge < -0.3 is 0 Å². The van der Waals surface area contributed by atoms with Crippen LogP contribution in [0.2, 0.25) is 13.3 Å². The van der Waals surface area contributed by atoms with E-state index in [4.69, 9.17) is 14.0 Å². The largest absolute Gasteiger partial charge is 0 e. The van der Waals surface area contributed by atoms with Crippen LogP contribution in [0.15, 0.2) is 30.3 Å². The predicted molar refractivity (Wildman–Crippen MR) is 103 cm³/mol. The predicted octanol–water partition coefficient (Wildman–Crippen LogP) is 5.63. The molecule has 0 N–H and O–H groups in total. The molecule has 1 aromatic rings. The summed E-state index contributed by atoms with van der Waals surface area (Å²) < 4.78 is 29.0. The summed E-state index contributed by atoms with van der Waals surface area (Å²) in [6.07, 6.45) is 8.46. The molecule has 0 amide bonds. The van der Waals surface area contributed by atoms with Crippen molar-refractivity contribution in [2.24, 2.45) is 0 Å². The van der Waals surface area contributed by atoms with Crippen molar-refractivity contribution < 1.29 is 31.3 Å². The Morgan fingerprint density at radius 1 is 0.654 bits per heavy atom. The van der Waals surface area contributed by atoms with Crippen molar-refractivity contribution in [2.75, 3.05) is 0 Å². The molecular weight excluding hydrogens is 471 g/mol. The van der Waals surface area contributed by atoms with Crippen LogP contribution in [0.4, 0.5) is 0 Å². The number of rotatable bonds is 10. The molecule has 0 fully saturated rings. The second-order valence-corrected chi connectivity index (χ2v) is 19.2. The van der Waals surface area contributed by atoms with Crippen LogP contribution in [0.5, 0.6) is 0 Å². The second-order valence-electron chi connectivity index (χ2n) is 5.96. The minimum atomic E-state index is -2.10. The molecular formula is C21H32CrO3Sn. The zero-order valence-corrected chi connectivity index (χ0v) is 20.5. The fraction of sp³-hybridized carbons (Fsp3) is 0.571. The van der Waals surface area contributed by atoms with Gasteiger partial charge in [-0.15, -0.1) is 0 Å². The van der Waals surface area contributed by atoms with Crippen molar-refractivity contribution >= 4 is 22.0 Å². The van der Waals surface area contributed by atoms with Gasteiger partial charge in [-0.25, -0.2) is 0 Å². The van der Waals surface area contributed by atoms with Crippen LogP contribution in [-0.4, -0.2) is 18.4 Å². The van der Waals surface area contributed by atoms with Crippen LogP contribution in [-0.2, 0) is 31.3 Å². The molecule has 144 valence electrons. The molecule has 26 heavy (non-hydrogen) atoms. The van der Waals surface area contributed by atoms with Crippen molar-refractivity contribution in [1.29, 1.82) is 0 Å². The molecule has 1 aromatic carbocycles. The van der Waals surface area contributed by atoms with E-state index >= 15 is 0 Å². The normalized spacial score (nSPS) is 8.81. The van der Waals surface area contributed by atoms with Gasteiger partial charge in [0.15, 0.2) is 0 Å². The summed E-state index contributed by atoms with van der Waals surface area (Å²) >= 11 is -2.10. The molecule has 0 aliphatic heterocycles. The maximum Gasteiger partial charge on any atom is 0 e. The zero-order chi connectivity index (χ0) is 20.0. The van der Waals surface area contributed by atoms with E-state index in [1.54, 1.807) is 16.9 Å². The summed E-state index contributed by atoms with van der Waals surface area (Å²) in [5, 5.41) is 0. The molecule has 1 rings (SSSR count). The third kappa shape index (κ3) is 14.9. The third-order valence-electron chi connectivity index (χ3n) is 4.41. The Morgan fingerprint density at radius 3 is 1.23 bits per heavy atom. The van der Waals surface area contributed by atoms with Crippen LogP contribution in [0.3, 0.4) is 0 Å². The molecule has 0 atom stereocenters. The Bertz CT molecular complexity index is 408. The summed E-state index contributed by atoms with van der Waals surface area (Å²) in [5.74, 6) is 0. The van der Waals surface area contributed by atoms with E-state index in [9.17, 15) is 0 Å². The Kier molecular flexibility index (Phi) is 34.6. The molecule has 0 saturated carbocycles. The molecule has 0 radical (unpaired) electrons. The number of unbranched alkanes of at least 4 members (excludes halogenated alkanes) is 3. The van der Waals surface area contributed by atoms with Crippen molar-refractivity contribution in [2.45, 2.75) is 72.6 Å². The van der Waals surface area contributed by atoms with Gasteiger partial charge in [0.05, 0.1) is 0 Å². The average molecular weight is 503 g/mol. The van der Waals surface area contributed by atoms with E-state index in [1.165, 1.54) is 38.5 Å². The van der Waals surface area contributed by atoms with Crippen LogP contribution in [0.1, 0.15) is 59.3 Å². The minimum Gasteiger partial charge on any atom is 0 e. The fourth-order valence-electron chi connectivity index (χ4n) is 3.15. The van der Waals surface area contributed by atoms with Crippen molar-refractivity contribution in [1.82, 2.24) is 0 Å². The maximum absolute atomic E-state index is 7.50. The van der Waals surface area contributed by atoms with Crippen molar-refractivity contribution in [3.05, 3.63) is 50.3 Å². The van der Waals surface area contributed by atoms with Gasteiger partial charge in [0.2, 0.25) is 0 Å². The van der Waals surface area contributed by atoms with Crippen molar-refractivity contribution in [3.63, 3.8) is 0 Å². The van der Waals surface area contributed by atoms with E-state index < -0.39 is 18.4 Å². The number of hydrogen-bond donors (Lipinski definition) is 0. The minimum absolute atomic E-state index is 0. The molecule has 0 heterocycles. The third-order valence-corrected chi connectivity index (χ3v) is 20.1. The zero-order valence-electron chi connectivity index (χ0n) is 16.4. The van der Waals surface area contributed by atoms with E-state index in [0.717, 1.165) is 0 Å². The first-order valence-electron chi connectivity index (χ1n) is 8.96. The van der Waals surface area contributed by atoms with Crippen LogP contribution in [0, 0.1) is 20.0 Å². The first kappa shape index (κ1) is 33.4. The maximum atomic E-state index is 7.50. The SMILES string of the molecule is CCC[CH2][Sn]([CH2]CCC)([CH2]CCC)[c]1ccccc1.[C-]#[O+].[C-]#[O+].[C-]#[O+].[Cr]. The van der Waals surface area contributed by atoms with Gasteiger partial charge in [-0.3, -0.25) is 0 Å². The summed E-state index contributed by atoms with van der Waals surface area (Å²) in [6.45, 7) is 20.5. The standard InChI is InChI=1S/C6H5.3C4H9.3CO.Cr.Sn/c1-2-4-6-5-3-1;3*1-3-4-2;3*1-2;;/h1-5H;3*1,3-4H2,2H3;;;;;. The Hall–Kier alpha value is -0.229. The van der Waals surface area contributed by atoms with Gasteiger partial charge in [0.1, 0.15) is 0 Å². The monoisotopic (exact) mass is 504 g/mol. The molecule has 5 heteroatoms. The molecule has 0 aliphatic carbocycles. The summed E-state index contributed by atoms with van der Waals surface area (Å²) in [6, 6.07) is 11.6. The van der Waals surface area contributed by atoms with Crippen LogP contribution >= 0.6 is 0 Å². The van der Waals surface area contributed by atoms with Gasteiger partial charge in [-0.1, -0.05) is 0 Å². The average Bonchev–Trinajstić information content (AvgIpc) is 2.73. The fourth-order valence-corrected chi connectivity index (χ4v) is 19.1. The van der Waals surface area contributed by atoms with E-state index in [2.05, 4.69) is 71.1 Å². The molecule has 0 unspecified atom stereocenters. The van der Waals surface area contributed by atoms with Gasteiger partial charge >= 0.3 is 159 Å². The molecule has 0 saturated heterocycles. The Labute approximate surface area is 175 Å². The van der Waals surface area contributed by atoms with E-state index in [0.29, 0.717) is 0 Å². The van der Waals surface area contributed by atoms with Crippen molar-refractivity contribution in [3.8, 4) is 0 Å². The van der Waals surface area contributed by atoms with E-state index in [1.807, 2.05) is 0 Å². The van der Waals surface area contributed by atoms with Crippen LogP contribution < -0.4 is 3.58 Å². The quantitative estimate of drug-likeness (QED) is 0.226. The van der Waals surface area contributed by atoms with Gasteiger partial charge in [-0.2, -0.15) is 0 Å². The number of hydrogen-bond acceptors (Lipinski definition) is 0.